The van der Waals surface area contributed by atoms with E-state index in [0.717, 1.165) is 10.6 Å². The Hall–Kier alpha value is -2.29. The molecule has 1 N–H and O–H groups in total. The summed E-state index contributed by atoms with van der Waals surface area (Å²) >= 11 is 12.1. The molecule has 0 spiro atoms. The maximum absolute atomic E-state index is 12.7. The minimum absolute atomic E-state index is 0.0858. The van der Waals surface area contributed by atoms with Gasteiger partial charge in [-0.25, -0.2) is 13.2 Å². The number of carbonyl (C=O) groups is 2. The molecule has 0 unspecified atom stereocenters. The normalized spacial score (nSPS) is 12.2. The minimum atomic E-state index is -3.86. The second-order valence-corrected chi connectivity index (χ2v) is 8.60. The Balaban J connectivity index is 2.35. The van der Waals surface area contributed by atoms with Crippen molar-refractivity contribution in [1.82, 2.24) is 0 Å². The number of methoxy groups -OCH3 is 1. The van der Waals surface area contributed by atoms with E-state index in [9.17, 15) is 18.0 Å². The van der Waals surface area contributed by atoms with Crippen molar-refractivity contribution in [1.29, 1.82) is 0 Å². The molecule has 28 heavy (non-hydrogen) atoms. The van der Waals surface area contributed by atoms with Crippen LogP contribution in [0.15, 0.2) is 42.5 Å². The second kappa shape index (κ2) is 8.81. The van der Waals surface area contributed by atoms with Crippen molar-refractivity contribution in [3.05, 3.63) is 58.1 Å². The molecule has 0 saturated heterocycles. The Labute approximate surface area is 173 Å². The Morgan fingerprint density at radius 1 is 1.14 bits per heavy atom. The first-order chi connectivity index (χ1) is 13.0. The summed E-state index contributed by atoms with van der Waals surface area (Å²) in [6, 6.07) is 9.26. The van der Waals surface area contributed by atoms with Gasteiger partial charge in [0.1, 0.15) is 6.04 Å². The van der Waals surface area contributed by atoms with Crippen molar-refractivity contribution in [3.63, 3.8) is 0 Å². The number of ether oxygens (including phenoxy) is 1. The van der Waals surface area contributed by atoms with Crippen LogP contribution in [0.5, 0.6) is 0 Å². The third kappa shape index (κ3) is 5.15. The number of sulfonamides is 1. The topological polar surface area (TPSA) is 92.8 Å². The molecule has 0 aromatic heterocycles. The molecule has 0 aliphatic heterocycles. The van der Waals surface area contributed by atoms with E-state index in [4.69, 9.17) is 23.2 Å². The number of anilines is 2. The molecular formula is C18H18Cl2N2O5S. The van der Waals surface area contributed by atoms with Crippen LogP contribution in [-0.2, 0) is 19.6 Å². The fourth-order valence-corrected chi connectivity index (χ4v) is 4.13. The molecule has 2 rings (SSSR count). The fourth-order valence-electron chi connectivity index (χ4n) is 2.52. The van der Waals surface area contributed by atoms with E-state index >= 15 is 0 Å². The van der Waals surface area contributed by atoms with Crippen molar-refractivity contribution >= 4 is 56.5 Å². The van der Waals surface area contributed by atoms with Crippen molar-refractivity contribution in [2.45, 2.75) is 13.0 Å². The number of esters is 1. The average Bonchev–Trinajstić information content (AvgIpc) is 2.63. The standard InChI is InChI=1S/C18H18Cl2N2O5S/c1-11(17(23)21-14-6-4-5-12(9-14)18(24)27-2)22(28(3,25)26)16-10-13(19)7-8-15(16)20/h4-11H,1-3H3,(H,21,23)/t11-/m1/s1. The Morgan fingerprint density at radius 2 is 1.82 bits per heavy atom. The lowest BCUT2D eigenvalue weighted by atomic mass is 10.2. The van der Waals surface area contributed by atoms with Crippen LogP contribution in [-0.4, -0.2) is 39.7 Å². The van der Waals surface area contributed by atoms with Crippen molar-refractivity contribution < 1.29 is 22.7 Å². The van der Waals surface area contributed by atoms with Gasteiger partial charge in [0.05, 0.1) is 29.6 Å². The molecule has 150 valence electrons. The highest BCUT2D eigenvalue weighted by Gasteiger charge is 2.31. The van der Waals surface area contributed by atoms with E-state index in [-0.39, 0.29) is 21.3 Å². The van der Waals surface area contributed by atoms with Gasteiger partial charge in [-0.1, -0.05) is 29.3 Å². The second-order valence-electron chi connectivity index (χ2n) is 5.89. The van der Waals surface area contributed by atoms with Crippen LogP contribution in [0.1, 0.15) is 17.3 Å². The maximum Gasteiger partial charge on any atom is 0.337 e. The van der Waals surface area contributed by atoms with Gasteiger partial charge in [0.15, 0.2) is 0 Å². The van der Waals surface area contributed by atoms with Crippen LogP contribution in [0.4, 0.5) is 11.4 Å². The van der Waals surface area contributed by atoms with E-state index in [0.29, 0.717) is 5.69 Å². The summed E-state index contributed by atoms with van der Waals surface area (Å²) in [7, 11) is -2.62. The number of rotatable bonds is 6. The highest BCUT2D eigenvalue weighted by atomic mass is 35.5. The number of hydrogen-bond donors (Lipinski definition) is 1. The van der Waals surface area contributed by atoms with Gasteiger partial charge in [0.25, 0.3) is 0 Å². The predicted octanol–water partition coefficient (Wildman–Crippen LogP) is 3.57. The summed E-state index contributed by atoms with van der Waals surface area (Å²) in [6.45, 7) is 1.41. The molecule has 2 aromatic carbocycles. The van der Waals surface area contributed by atoms with Crippen molar-refractivity contribution in [2.75, 3.05) is 23.0 Å². The van der Waals surface area contributed by atoms with Gasteiger partial charge in [-0.15, -0.1) is 0 Å². The van der Waals surface area contributed by atoms with Gasteiger partial charge < -0.3 is 10.1 Å². The zero-order chi connectivity index (χ0) is 21.1. The molecule has 10 heteroatoms. The number of carbonyl (C=O) groups excluding carboxylic acids is 2. The molecule has 1 atom stereocenters. The SMILES string of the molecule is COC(=O)c1cccc(NC(=O)[C@@H](C)N(c2cc(Cl)ccc2Cl)S(C)(=O)=O)c1. The number of hydrogen-bond acceptors (Lipinski definition) is 5. The zero-order valence-corrected chi connectivity index (χ0v) is 17.6. The monoisotopic (exact) mass is 444 g/mol. The molecule has 0 saturated carbocycles. The molecule has 0 fully saturated rings. The molecule has 0 heterocycles. The third-order valence-corrected chi connectivity index (χ3v) is 5.57. The Kier molecular flexibility index (Phi) is 6.92. The quantitative estimate of drug-likeness (QED) is 0.687. The molecule has 0 radical (unpaired) electrons. The number of nitrogens with one attached hydrogen (secondary N) is 1. The van der Waals surface area contributed by atoms with E-state index in [1.807, 2.05) is 0 Å². The lowest BCUT2D eigenvalue weighted by Gasteiger charge is -2.29. The van der Waals surface area contributed by atoms with Crippen LogP contribution in [0.2, 0.25) is 10.0 Å². The zero-order valence-electron chi connectivity index (χ0n) is 15.3. The molecule has 2 aromatic rings. The van der Waals surface area contributed by atoms with Gasteiger partial charge in [0, 0.05) is 10.7 Å². The van der Waals surface area contributed by atoms with E-state index in [1.54, 1.807) is 12.1 Å². The summed E-state index contributed by atoms with van der Waals surface area (Å²) < 4.78 is 30.3. The first-order valence-corrected chi connectivity index (χ1v) is 10.6. The molecule has 0 aliphatic carbocycles. The maximum atomic E-state index is 12.7. The van der Waals surface area contributed by atoms with Crippen molar-refractivity contribution in [3.8, 4) is 0 Å². The van der Waals surface area contributed by atoms with Crippen LogP contribution < -0.4 is 9.62 Å². The summed E-state index contributed by atoms with van der Waals surface area (Å²) in [5.74, 6) is -1.18. The van der Waals surface area contributed by atoms with E-state index in [1.165, 1.54) is 44.4 Å². The third-order valence-electron chi connectivity index (χ3n) is 3.79. The lowest BCUT2D eigenvalue weighted by molar-refractivity contribution is -0.116. The summed E-state index contributed by atoms with van der Waals surface area (Å²) in [5.41, 5.74) is 0.638. The van der Waals surface area contributed by atoms with E-state index in [2.05, 4.69) is 10.1 Å². The van der Waals surface area contributed by atoms with Crippen LogP contribution >= 0.6 is 23.2 Å². The molecule has 7 nitrogen and oxygen atoms in total. The number of nitrogens with zero attached hydrogens (tertiary/aromatic N) is 1. The van der Waals surface area contributed by atoms with Gasteiger partial charge in [-0.2, -0.15) is 0 Å². The van der Waals surface area contributed by atoms with Crippen molar-refractivity contribution in [2.24, 2.45) is 0 Å². The van der Waals surface area contributed by atoms with Crippen LogP contribution in [0.25, 0.3) is 0 Å². The average molecular weight is 445 g/mol. The highest BCUT2D eigenvalue weighted by molar-refractivity contribution is 7.92. The number of benzene rings is 2. The van der Waals surface area contributed by atoms with Gasteiger partial charge in [0.2, 0.25) is 15.9 Å². The predicted molar refractivity (Wildman–Crippen MR) is 110 cm³/mol. The smallest absolute Gasteiger partial charge is 0.337 e. The molecule has 0 bridgehead atoms. The highest BCUT2D eigenvalue weighted by Crippen LogP contribution is 2.32. The first kappa shape index (κ1) is 22.0. The molecular weight excluding hydrogens is 427 g/mol. The first-order valence-electron chi connectivity index (χ1n) is 7.98. The lowest BCUT2D eigenvalue weighted by Crippen LogP contribution is -2.45. The minimum Gasteiger partial charge on any atom is -0.465 e. The summed E-state index contributed by atoms with van der Waals surface area (Å²) in [4.78, 5) is 24.3. The number of amides is 1. The van der Waals surface area contributed by atoms with Gasteiger partial charge in [-0.05, 0) is 43.3 Å². The number of halogens is 2. The molecule has 0 aliphatic rings. The Morgan fingerprint density at radius 3 is 2.43 bits per heavy atom. The van der Waals surface area contributed by atoms with Crippen LogP contribution in [0.3, 0.4) is 0 Å². The van der Waals surface area contributed by atoms with Gasteiger partial charge in [-0.3, -0.25) is 9.10 Å². The largest absolute Gasteiger partial charge is 0.465 e. The Bertz CT molecular complexity index is 1010. The fraction of sp³-hybridized carbons (Fsp3) is 0.222. The van der Waals surface area contributed by atoms with Crippen LogP contribution in [0, 0.1) is 0 Å². The summed E-state index contributed by atoms with van der Waals surface area (Å²) in [5, 5.41) is 2.99. The van der Waals surface area contributed by atoms with E-state index < -0.39 is 27.9 Å². The summed E-state index contributed by atoms with van der Waals surface area (Å²) in [6.07, 6.45) is 0.964. The molecule has 1 amide bonds. The van der Waals surface area contributed by atoms with Gasteiger partial charge >= 0.3 is 5.97 Å².